The summed E-state index contributed by atoms with van der Waals surface area (Å²) in [5, 5.41) is 10.3. The average molecular weight is 386 g/mol. The third-order valence-electron chi connectivity index (χ3n) is 6.44. The Labute approximate surface area is 176 Å². The molecule has 0 saturated heterocycles. The lowest BCUT2D eigenvalue weighted by Crippen LogP contribution is -1.95. The van der Waals surface area contributed by atoms with Gasteiger partial charge in [-0.1, -0.05) is 92.2 Å². The van der Waals surface area contributed by atoms with Crippen LogP contribution in [0.25, 0.3) is 54.1 Å². The van der Waals surface area contributed by atoms with Crippen molar-refractivity contribution in [3.05, 3.63) is 90.5 Å². The molecule has 0 atom stereocenters. The Kier molecular flexibility index (Phi) is 3.95. The van der Waals surface area contributed by atoms with E-state index in [9.17, 15) is 0 Å². The largest absolute Gasteiger partial charge is 0.247 e. The van der Waals surface area contributed by atoms with Crippen molar-refractivity contribution < 1.29 is 0 Å². The fraction of sp³-hybridized carbons (Fsp3) is 0.138. The van der Waals surface area contributed by atoms with Gasteiger partial charge in [0.15, 0.2) is 0 Å². The van der Waals surface area contributed by atoms with Gasteiger partial charge in [0.05, 0.1) is 11.0 Å². The van der Waals surface area contributed by atoms with Crippen molar-refractivity contribution in [1.29, 1.82) is 0 Å². The fourth-order valence-electron chi connectivity index (χ4n) is 4.98. The second kappa shape index (κ2) is 6.81. The van der Waals surface area contributed by atoms with Crippen molar-refractivity contribution in [2.24, 2.45) is 0 Å². The Morgan fingerprint density at radius 1 is 0.600 bits per heavy atom. The summed E-state index contributed by atoms with van der Waals surface area (Å²) in [5.41, 5.74) is 3.68. The van der Waals surface area contributed by atoms with Crippen molar-refractivity contribution in [1.82, 2.24) is 4.98 Å². The highest BCUT2D eigenvalue weighted by Gasteiger charge is 2.14. The molecule has 0 bridgehead atoms. The van der Waals surface area contributed by atoms with E-state index < -0.39 is 0 Å². The molecule has 0 aliphatic heterocycles. The van der Waals surface area contributed by atoms with E-state index in [2.05, 4.69) is 91.9 Å². The summed E-state index contributed by atoms with van der Waals surface area (Å²) in [4.78, 5) is 5.23. The van der Waals surface area contributed by atoms with Crippen LogP contribution in [0.2, 0.25) is 0 Å². The molecule has 0 amide bonds. The van der Waals surface area contributed by atoms with Gasteiger partial charge in [-0.25, -0.2) is 4.98 Å². The molecular weight excluding hydrogens is 362 g/mol. The molecular formula is C29H23N. The van der Waals surface area contributed by atoms with Crippen LogP contribution < -0.4 is 0 Å². The molecule has 0 saturated carbocycles. The lowest BCUT2D eigenvalue weighted by Gasteiger charge is -2.15. The van der Waals surface area contributed by atoms with Crippen LogP contribution in [0, 0.1) is 0 Å². The van der Waals surface area contributed by atoms with Crippen LogP contribution in [-0.4, -0.2) is 4.98 Å². The quantitative estimate of drug-likeness (QED) is 0.221. The van der Waals surface area contributed by atoms with Gasteiger partial charge >= 0.3 is 0 Å². The number of rotatable bonds is 3. The topological polar surface area (TPSA) is 12.9 Å². The van der Waals surface area contributed by atoms with Crippen LogP contribution in [0.4, 0.5) is 0 Å². The highest BCUT2D eigenvalue weighted by atomic mass is 14.7. The summed E-state index contributed by atoms with van der Waals surface area (Å²) in [6.07, 6.45) is 3.46. The highest BCUT2D eigenvalue weighted by molar-refractivity contribution is 6.20. The first-order valence-electron chi connectivity index (χ1n) is 10.9. The third kappa shape index (κ3) is 2.52. The molecule has 0 fully saturated rings. The van der Waals surface area contributed by atoms with Crippen LogP contribution in [0.15, 0.2) is 84.9 Å². The number of nitrogens with zero attached hydrogens (tertiary/aromatic N) is 1. The van der Waals surface area contributed by atoms with E-state index in [1.807, 2.05) is 0 Å². The number of aryl methyl sites for hydroxylation is 1. The number of aromatic nitrogens is 1. The van der Waals surface area contributed by atoms with Gasteiger partial charge in [0.2, 0.25) is 0 Å². The highest BCUT2D eigenvalue weighted by Crippen LogP contribution is 2.37. The number of hydrogen-bond acceptors (Lipinski definition) is 1. The zero-order chi connectivity index (χ0) is 20.1. The maximum absolute atomic E-state index is 5.23. The molecule has 1 nitrogen and oxygen atoms in total. The molecule has 30 heavy (non-hydrogen) atoms. The van der Waals surface area contributed by atoms with E-state index >= 15 is 0 Å². The maximum Gasteiger partial charge on any atom is 0.0791 e. The van der Waals surface area contributed by atoms with Gasteiger partial charge < -0.3 is 0 Å². The molecule has 6 aromatic rings. The zero-order valence-electron chi connectivity index (χ0n) is 17.2. The monoisotopic (exact) mass is 385 g/mol. The minimum absolute atomic E-state index is 1.08. The summed E-state index contributed by atoms with van der Waals surface area (Å²) >= 11 is 0. The van der Waals surface area contributed by atoms with Crippen molar-refractivity contribution in [2.45, 2.75) is 26.2 Å². The summed E-state index contributed by atoms with van der Waals surface area (Å²) < 4.78 is 0. The Balaban J connectivity index is 1.81. The smallest absolute Gasteiger partial charge is 0.0791 e. The predicted octanol–water partition coefficient (Wildman–Crippen LogP) is 8.19. The van der Waals surface area contributed by atoms with Gasteiger partial charge in [0, 0.05) is 16.2 Å². The molecule has 6 rings (SSSR count). The summed E-state index contributed by atoms with van der Waals surface area (Å²) in [5.74, 6) is 0. The number of unbranched alkanes of at least 4 members (excludes halogenated alkanes) is 1. The lowest BCUT2D eigenvalue weighted by atomic mass is 9.92. The molecule has 0 aliphatic carbocycles. The van der Waals surface area contributed by atoms with Gasteiger partial charge in [-0.15, -0.1) is 0 Å². The Morgan fingerprint density at radius 3 is 2.10 bits per heavy atom. The molecule has 0 aliphatic rings. The zero-order valence-corrected chi connectivity index (χ0v) is 17.2. The Morgan fingerprint density at radius 2 is 1.27 bits per heavy atom. The van der Waals surface area contributed by atoms with Gasteiger partial charge in [-0.05, 0) is 51.4 Å². The molecule has 0 unspecified atom stereocenters. The Bertz CT molecular complexity index is 1580. The SMILES string of the molecule is CCCCc1c2ccc3c4ccccc4ccc3c2nc2ccc3ccccc3c12. The van der Waals surface area contributed by atoms with Gasteiger partial charge in [-0.3, -0.25) is 0 Å². The molecule has 144 valence electrons. The summed E-state index contributed by atoms with van der Waals surface area (Å²) in [6, 6.07) is 30.8. The summed E-state index contributed by atoms with van der Waals surface area (Å²) in [7, 11) is 0. The normalized spacial score (nSPS) is 11.9. The molecule has 1 aromatic heterocycles. The number of pyridine rings is 1. The maximum atomic E-state index is 5.23. The fourth-order valence-corrected chi connectivity index (χ4v) is 4.98. The van der Waals surface area contributed by atoms with Crippen molar-refractivity contribution >= 4 is 54.1 Å². The second-order valence-electron chi connectivity index (χ2n) is 8.22. The molecule has 1 heteroatoms. The van der Waals surface area contributed by atoms with Gasteiger partial charge in [0.1, 0.15) is 0 Å². The number of benzene rings is 5. The number of hydrogen-bond donors (Lipinski definition) is 0. The lowest BCUT2D eigenvalue weighted by molar-refractivity contribution is 0.802. The number of fused-ring (bicyclic) bond motifs is 8. The van der Waals surface area contributed by atoms with Gasteiger partial charge in [0.25, 0.3) is 0 Å². The van der Waals surface area contributed by atoms with Crippen LogP contribution in [-0.2, 0) is 6.42 Å². The van der Waals surface area contributed by atoms with Gasteiger partial charge in [-0.2, -0.15) is 0 Å². The van der Waals surface area contributed by atoms with E-state index in [1.54, 1.807) is 0 Å². The molecule has 0 radical (unpaired) electrons. The van der Waals surface area contributed by atoms with E-state index in [1.165, 1.54) is 61.5 Å². The standard InChI is InChI=1S/C29H23N/c1-2-3-10-24-26-17-16-23-21-11-6-4-8-19(21)13-15-25(23)29(26)30-27-18-14-20-9-5-7-12-22(20)28(24)27/h4-9,11-18H,2-3,10H2,1H3. The predicted molar refractivity (Wildman–Crippen MR) is 130 cm³/mol. The molecule has 0 spiro atoms. The van der Waals surface area contributed by atoms with E-state index in [4.69, 9.17) is 4.98 Å². The molecule has 5 aromatic carbocycles. The van der Waals surface area contributed by atoms with E-state index in [0.717, 1.165) is 17.5 Å². The summed E-state index contributed by atoms with van der Waals surface area (Å²) in [6.45, 7) is 2.27. The first-order chi connectivity index (χ1) is 14.8. The Hall–Kier alpha value is -3.45. The molecule has 0 N–H and O–H groups in total. The first-order valence-corrected chi connectivity index (χ1v) is 10.9. The van der Waals surface area contributed by atoms with Crippen molar-refractivity contribution in [3.63, 3.8) is 0 Å². The second-order valence-corrected chi connectivity index (χ2v) is 8.22. The minimum Gasteiger partial charge on any atom is -0.247 e. The van der Waals surface area contributed by atoms with E-state index in [0.29, 0.717) is 0 Å². The van der Waals surface area contributed by atoms with E-state index in [-0.39, 0.29) is 0 Å². The third-order valence-corrected chi connectivity index (χ3v) is 6.44. The first kappa shape index (κ1) is 17.4. The minimum atomic E-state index is 1.08. The van der Waals surface area contributed by atoms with Crippen LogP contribution in [0.3, 0.4) is 0 Å². The molecule has 1 heterocycles. The van der Waals surface area contributed by atoms with Crippen LogP contribution >= 0.6 is 0 Å². The van der Waals surface area contributed by atoms with Crippen LogP contribution in [0.1, 0.15) is 25.3 Å². The van der Waals surface area contributed by atoms with Crippen molar-refractivity contribution in [3.8, 4) is 0 Å². The van der Waals surface area contributed by atoms with Crippen LogP contribution in [0.5, 0.6) is 0 Å². The average Bonchev–Trinajstić information content (AvgIpc) is 2.81. The van der Waals surface area contributed by atoms with Crippen molar-refractivity contribution in [2.75, 3.05) is 0 Å².